The molecule has 1 unspecified atom stereocenters. The standard InChI is InChI=1S/C17H22BrNO3S/c1-6-23-14-9-13(19-16(20)22-17(3,4)5)11-7-10(2)8-12(18)15(11)21-14/h7-9,13H,6H2,1-5H3,(H,19,20). The van der Waals surface area contributed by atoms with Crippen LogP contribution in [-0.4, -0.2) is 17.4 Å². The minimum Gasteiger partial charge on any atom is -0.449 e. The summed E-state index contributed by atoms with van der Waals surface area (Å²) in [6, 6.07) is 3.74. The van der Waals surface area contributed by atoms with Gasteiger partial charge in [-0.15, -0.1) is 0 Å². The Morgan fingerprint density at radius 3 is 2.74 bits per heavy atom. The molecule has 1 atom stereocenters. The van der Waals surface area contributed by atoms with E-state index in [1.807, 2.05) is 45.9 Å². The number of alkyl carbamates (subject to hydrolysis) is 1. The predicted octanol–water partition coefficient (Wildman–Crippen LogP) is 5.31. The fraction of sp³-hybridized carbons (Fsp3) is 0.471. The Balaban J connectivity index is 2.31. The Morgan fingerprint density at radius 2 is 2.13 bits per heavy atom. The molecule has 0 saturated carbocycles. The van der Waals surface area contributed by atoms with Gasteiger partial charge in [-0.25, -0.2) is 4.79 Å². The Bertz CT molecular complexity index is 637. The van der Waals surface area contributed by atoms with Crippen molar-refractivity contribution in [3.05, 3.63) is 38.9 Å². The highest BCUT2D eigenvalue weighted by Gasteiger charge is 2.27. The van der Waals surface area contributed by atoms with Crippen LogP contribution in [0.25, 0.3) is 0 Å². The zero-order valence-electron chi connectivity index (χ0n) is 14.0. The number of rotatable bonds is 3. The predicted molar refractivity (Wildman–Crippen MR) is 97.8 cm³/mol. The molecule has 0 aromatic heterocycles. The molecule has 4 nitrogen and oxygen atoms in total. The summed E-state index contributed by atoms with van der Waals surface area (Å²) in [4.78, 5) is 12.1. The second kappa shape index (κ2) is 7.18. The zero-order valence-corrected chi connectivity index (χ0v) is 16.4. The van der Waals surface area contributed by atoms with Crippen molar-refractivity contribution < 1.29 is 14.3 Å². The first-order valence-electron chi connectivity index (χ1n) is 7.51. The number of hydrogen-bond donors (Lipinski definition) is 1. The number of carbonyl (C=O) groups excluding carboxylic acids is 1. The molecule has 1 aliphatic rings. The first-order valence-corrected chi connectivity index (χ1v) is 9.29. The van der Waals surface area contributed by atoms with Crippen molar-refractivity contribution in [2.45, 2.75) is 46.3 Å². The van der Waals surface area contributed by atoms with E-state index in [4.69, 9.17) is 9.47 Å². The van der Waals surface area contributed by atoms with Gasteiger partial charge in [0.1, 0.15) is 11.4 Å². The highest BCUT2D eigenvalue weighted by molar-refractivity contribution is 9.10. The molecular weight excluding hydrogens is 378 g/mol. The van der Waals surface area contributed by atoms with Gasteiger partial charge in [0.2, 0.25) is 0 Å². The second-order valence-corrected chi connectivity index (χ2v) is 8.43. The molecule has 1 aliphatic heterocycles. The third kappa shape index (κ3) is 4.91. The van der Waals surface area contributed by atoms with Crippen LogP contribution < -0.4 is 10.1 Å². The number of benzene rings is 1. The SMILES string of the molecule is CCSC1=CC(NC(=O)OC(C)(C)C)c2cc(C)cc(Br)c2O1. The summed E-state index contributed by atoms with van der Waals surface area (Å²) in [5, 5.41) is 3.71. The fourth-order valence-corrected chi connectivity index (χ4v) is 3.56. The van der Waals surface area contributed by atoms with Gasteiger partial charge in [-0.1, -0.05) is 18.7 Å². The molecule has 6 heteroatoms. The van der Waals surface area contributed by atoms with Crippen LogP contribution in [0.15, 0.2) is 27.8 Å². The highest BCUT2D eigenvalue weighted by Crippen LogP contribution is 2.41. The van der Waals surface area contributed by atoms with E-state index in [0.717, 1.165) is 32.2 Å². The number of aryl methyl sites for hydroxylation is 1. The van der Waals surface area contributed by atoms with E-state index in [-0.39, 0.29) is 6.04 Å². The van der Waals surface area contributed by atoms with Gasteiger partial charge in [0.15, 0.2) is 5.09 Å². The lowest BCUT2D eigenvalue weighted by Crippen LogP contribution is -2.35. The van der Waals surface area contributed by atoms with E-state index < -0.39 is 11.7 Å². The molecule has 126 valence electrons. The Morgan fingerprint density at radius 1 is 1.43 bits per heavy atom. The van der Waals surface area contributed by atoms with Crippen LogP contribution >= 0.6 is 27.7 Å². The number of carbonyl (C=O) groups is 1. The minimum atomic E-state index is -0.532. The zero-order chi connectivity index (χ0) is 17.2. The smallest absolute Gasteiger partial charge is 0.408 e. The molecule has 0 spiro atoms. The summed E-state index contributed by atoms with van der Waals surface area (Å²) < 4.78 is 12.2. The summed E-state index contributed by atoms with van der Waals surface area (Å²) in [5.74, 6) is 1.64. The largest absolute Gasteiger partial charge is 0.449 e. The number of nitrogens with one attached hydrogen (secondary N) is 1. The summed E-state index contributed by atoms with van der Waals surface area (Å²) in [7, 11) is 0. The molecule has 1 aromatic rings. The van der Waals surface area contributed by atoms with Crippen molar-refractivity contribution in [1.29, 1.82) is 0 Å². The number of hydrogen-bond acceptors (Lipinski definition) is 4. The van der Waals surface area contributed by atoms with Crippen molar-refractivity contribution >= 4 is 33.8 Å². The Kier molecular flexibility index (Phi) is 5.68. The van der Waals surface area contributed by atoms with Gasteiger partial charge < -0.3 is 14.8 Å². The van der Waals surface area contributed by atoms with Crippen LogP contribution in [0.4, 0.5) is 4.79 Å². The lowest BCUT2D eigenvalue weighted by atomic mass is 10.0. The van der Waals surface area contributed by atoms with E-state index in [2.05, 4.69) is 28.2 Å². The first kappa shape index (κ1) is 18.2. The minimum absolute atomic E-state index is 0.279. The Hall–Kier alpha value is -1.14. The quantitative estimate of drug-likeness (QED) is 0.747. The third-order valence-corrected chi connectivity index (χ3v) is 4.40. The molecular formula is C17H22BrNO3S. The molecule has 0 saturated heterocycles. The van der Waals surface area contributed by atoms with Crippen LogP contribution in [0.5, 0.6) is 5.75 Å². The third-order valence-electron chi connectivity index (χ3n) is 3.02. The molecule has 1 aromatic carbocycles. The Labute approximate surface area is 150 Å². The van der Waals surface area contributed by atoms with Gasteiger partial charge in [0, 0.05) is 5.56 Å². The van der Waals surface area contributed by atoms with Gasteiger partial charge >= 0.3 is 6.09 Å². The lowest BCUT2D eigenvalue weighted by molar-refractivity contribution is 0.0512. The van der Waals surface area contributed by atoms with Gasteiger partial charge in [-0.2, -0.15) is 0 Å². The molecule has 23 heavy (non-hydrogen) atoms. The summed E-state index contributed by atoms with van der Waals surface area (Å²) >= 11 is 5.15. The van der Waals surface area contributed by atoms with Gasteiger partial charge in [0.05, 0.1) is 10.5 Å². The van der Waals surface area contributed by atoms with Crippen molar-refractivity contribution in [2.24, 2.45) is 0 Å². The molecule has 0 fully saturated rings. The van der Waals surface area contributed by atoms with Crippen LogP contribution in [0, 0.1) is 6.92 Å². The number of thioether (sulfide) groups is 1. The molecule has 0 radical (unpaired) electrons. The van der Waals surface area contributed by atoms with E-state index in [1.165, 1.54) is 0 Å². The van der Waals surface area contributed by atoms with Crippen LogP contribution in [0.3, 0.4) is 0 Å². The highest BCUT2D eigenvalue weighted by atomic mass is 79.9. The van der Waals surface area contributed by atoms with E-state index in [1.54, 1.807) is 11.8 Å². The molecule has 0 bridgehead atoms. The normalized spacial score (nSPS) is 17.0. The number of amides is 1. The molecule has 1 amide bonds. The topological polar surface area (TPSA) is 47.6 Å². The molecule has 2 rings (SSSR count). The van der Waals surface area contributed by atoms with Gasteiger partial charge in [-0.3, -0.25) is 0 Å². The van der Waals surface area contributed by atoms with Crippen LogP contribution in [0.2, 0.25) is 0 Å². The monoisotopic (exact) mass is 399 g/mol. The summed E-state index contributed by atoms with van der Waals surface area (Å²) in [6.45, 7) is 9.61. The van der Waals surface area contributed by atoms with E-state index >= 15 is 0 Å². The van der Waals surface area contributed by atoms with Crippen LogP contribution in [0.1, 0.15) is 44.9 Å². The summed E-state index contributed by atoms with van der Waals surface area (Å²) in [5.41, 5.74) is 1.48. The second-order valence-electron chi connectivity index (χ2n) is 6.31. The average molecular weight is 400 g/mol. The maximum absolute atomic E-state index is 12.1. The van der Waals surface area contributed by atoms with Crippen molar-refractivity contribution in [1.82, 2.24) is 5.32 Å². The summed E-state index contributed by atoms with van der Waals surface area (Å²) in [6.07, 6.45) is 1.48. The van der Waals surface area contributed by atoms with Gasteiger partial charge in [0.25, 0.3) is 0 Å². The maximum Gasteiger partial charge on any atom is 0.408 e. The number of halogens is 1. The number of ether oxygens (including phenoxy) is 2. The number of fused-ring (bicyclic) bond motifs is 1. The first-order chi connectivity index (χ1) is 10.7. The molecule has 1 heterocycles. The molecule has 0 aliphatic carbocycles. The van der Waals surface area contributed by atoms with Crippen molar-refractivity contribution in [3.8, 4) is 5.75 Å². The van der Waals surface area contributed by atoms with Crippen molar-refractivity contribution in [2.75, 3.05) is 5.75 Å². The maximum atomic E-state index is 12.1. The van der Waals surface area contributed by atoms with E-state index in [9.17, 15) is 4.79 Å². The molecule has 1 N–H and O–H groups in total. The van der Waals surface area contributed by atoms with Crippen LogP contribution in [-0.2, 0) is 4.74 Å². The fourth-order valence-electron chi connectivity index (χ4n) is 2.23. The van der Waals surface area contributed by atoms with Gasteiger partial charge in [-0.05, 0) is 73.1 Å². The lowest BCUT2D eigenvalue weighted by Gasteiger charge is -2.28. The average Bonchev–Trinajstić information content (AvgIpc) is 2.38. The van der Waals surface area contributed by atoms with Crippen molar-refractivity contribution in [3.63, 3.8) is 0 Å². The van der Waals surface area contributed by atoms with E-state index in [0.29, 0.717) is 0 Å².